The van der Waals surface area contributed by atoms with Crippen LogP contribution in [0.25, 0.3) is 0 Å². The van der Waals surface area contributed by atoms with Gasteiger partial charge in [0.2, 0.25) is 0 Å². The highest BCUT2D eigenvalue weighted by atomic mass is 79.9. The maximum Gasteiger partial charge on any atom is 0.0766 e. The molecule has 2 rings (SSSR count). The molecule has 1 aromatic heterocycles. The second-order valence-corrected chi connectivity index (χ2v) is 5.96. The Hall–Kier alpha value is -0.350. The lowest BCUT2D eigenvalue weighted by Crippen LogP contribution is -2.39. The monoisotopic (exact) mass is 299 g/mol. The molecule has 0 saturated carbocycles. The van der Waals surface area contributed by atoms with Crippen molar-refractivity contribution in [1.29, 1.82) is 0 Å². The fourth-order valence-corrected chi connectivity index (χ4v) is 3.43. The van der Waals surface area contributed by atoms with E-state index in [2.05, 4.69) is 40.2 Å². The molecular formula is C13H22BrN3. The molecule has 1 fully saturated rings. The van der Waals surface area contributed by atoms with E-state index >= 15 is 0 Å². The van der Waals surface area contributed by atoms with Gasteiger partial charge >= 0.3 is 0 Å². The first-order valence-corrected chi connectivity index (χ1v) is 7.34. The van der Waals surface area contributed by atoms with Crippen LogP contribution >= 0.6 is 15.9 Å². The molecule has 1 N–H and O–H groups in total. The molecule has 96 valence electrons. The van der Waals surface area contributed by atoms with Gasteiger partial charge in [0.05, 0.1) is 15.9 Å². The van der Waals surface area contributed by atoms with Crippen LogP contribution in [0.2, 0.25) is 0 Å². The summed E-state index contributed by atoms with van der Waals surface area (Å²) < 4.78 is 3.24. The topological polar surface area (TPSA) is 29.9 Å². The average Bonchev–Trinajstić information content (AvgIpc) is 2.56. The Bertz CT molecular complexity index is 386. The molecule has 0 aliphatic carbocycles. The first-order chi connectivity index (χ1) is 8.11. The van der Waals surface area contributed by atoms with Gasteiger partial charge in [-0.1, -0.05) is 13.8 Å². The number of rotatable bonds is 3. The van der Waals surface area contributed by atoms with Crippen molar-refractivity contribution in [3.8, 4) is 0 Å². The van der Waals surface area contributed by atoms with Gasteiger partial charge in [-0.05, 0) is 47.7 Å². The minimum Gasteiger partial charge on any atom is -0.314 e. The van der Waals surface area contributed by atoms with E-state index in [0.29, 0.717) is 6.04 Å². The molecule has 1 aromatic rings. The summed E-state index contributed by atoms with van der Waals surface area (Å²) in [5.74, 6) is 0.846. The molecule has 0 bridgehead atoms. The molecular weight excluding hydrogens is 278 g/mol. The van der Waals surface area contributed by atoms with E-state index < -0.39 is 0 Å². The Labute approximate surface area is 112 Å². The summed E-state index contributed by atoms with van der Waals surface area (Å²) in [5.41, 5.74) is 2.50. The van der Waals surface area contributed by atoms with Crippen molar-refractivity contribution in [2.24, 2.45) is 13.0 Å². The zero-order valence-corrected chi connectivity index (χ0v) is 12.5. The summed E-state index contributed by atoms with van der Waals surface area (Å²) in [5, 5.41) is 8.17. The highest BCUT2D eigenvalue weighted by molar-refractivity contribution is 9.10. The molecule has 3 nitrogen and oxygen atoms in total. The van der Waals surface area contributed by atoms with Crippen LogP contribution in [0.15, 0.2) is 4.47 Å². The van der Waals surface area contributed by atoms with Gasteiger partial charge < -0.3 is 5.32 Å². The SMILES string of the molecule is CCc1nn(C)c(CC2CC(C)CCN2)c1Br. The lowest BCUT2D eigenvalue weighted by molar-refractivity contribution is 0.315. The summed E-state index contributed by atoms with van der Waals surface area (Å²) in [6.45, 7) is 5.66. The molecule has 0 radical (unpaired) electrons. The van der Waals surface area contributed by atoms with Gasteiger partial charge in [-0.3, -0.25) is 4.68 Å². The zero-order valence-electron chi connectivity index (χ0n) is 11.0. The molecule has 1 saturated heterocycles. The Kier molecular flexibility index (Phi) is 4.26. The molecule has 17 heavy (non-hydrogen) atoms. The number of piperidine rings is 1. The molecule has 0 spiro atoms. The molecule has 2 heterocycles. The van der Waals surface area contributed by atoms with Crippen LogP contribution in [0.5, 0.6) is 0 Å². The third-order valence-corrected chi connectivity index (χ3v) is 4.62. The van der Waals surface area contributed by atoms with Crippen LogP contribution in [0.4, 0.5) is 0 Å². The number of nitrogens with zero attached hydrogens (tertiary/aromatic N) is 2. The Morgan fingerprint density at radius 2 is 2.29 bits per heavy atom. The van der Waals surface area contributed by atoms with Crippen LogP contribution in [0.1, 0.15) is 38.1 Å². The van der Waals surface area contributed by atoms with Crippen molar-refractivity contribution in [2.75, 3.05) is 6.54 Å². The number of aromatic nitrogens is 2. The zero-order chi connectivity index (χ0) is 12.4. The molecule has 2 atom stereocenters. The number of hydrogen-bond acceptors (Lipinski definition) is 2. The highest BCUT2D eigenvalue weighted by Crippen LogP contribution is 2.25. The van der Waals surface area contributed by atoms with Crippen molar-refractivity contribution < 1.29 is 0 Å². The van der Waals surface area contributed by atoms with Gasteiger partial charge in [-0.15, -0.1) is 0 Å². The minimum absolute atomic E-state index is 0.607. The third kappa shape index (κ3) is 2.91. The van der Waals surface area contributed by atoms with Gasteiger partial charge in [-0.25, -0.2) is 0 Å². The summed E-state index contributed by atoms with van der Waals surface area (Å²) in [6, 6.07) is 0.607. The van der Waals surface area contributed by atoms with E-state index in [9.17, 15) is 0 Å². The van der Waals surface area contributed by atoms with Crippen LogP contribution in [0, 0.1) is 5.92 Å². The van der Waals surface area contributed by atoms with Crippen LogP contribution in [-0.2, 0) is 19.9 Å². The first-order valence-electron chi connectivity index (χ1n) is 6.55. The lowest BCUT2D eigenvalue weighted by atomic mass is 9.92. The smallest absolute Gasteiger partial charge is 0.0766 e. The molecule has 1 aliphatic heterocycles. The van der Waals surface area contributed by atoms with E-state index in [1.807, 2.05) is 11.7 Å². The summed E-state index contributed by atoms with van der Waals surface area (Å²) in [4.78, 5) is 0. The highest BCUT2D eigenvalue weighted by Gasteiger charge is 2.22. The molecule has 0 aromatic carbocycles. The fourth-order valence-electron chi connectivity index (χ4n) is 2.65. The van der Waals surface area contributed by atoms with Crippen molar-refractivity contribution in [3.63, 3.8) is 0 Å². The predicted molar refractivity (Wildman–Crippen MR) is 74.2 cm³/mol. The van der Waals surface area contributed by atoms with Crippen molar-refractivity contribution in [3.05, 3.63) is 15.9 Å². The number of nitrogens with one attached hydrogen (secondary N) is 1. The standard InChI is InChI=1S/C13H22BrN3/c1-4-11-13(14)12(17(3)16-11)8-10-7-9(2)5-6-15-10/h9-10,15H,4-8H2,1-3H3. The first kappa shape index (κ1) is 13.1. The van der Waals surface area contributed by atoms with Crippen LogP contribution in [0.3, 0.4) is 0 Å². The second kappa shape index (κ2) is 5.53. The molecule has 1 aliphatic rings. The summed E-state index contributed by atoms with van der Waals surface area (Å²) in [6.07, 6.45) is 4.65. The number of hydrogen-bond donors (Lipinski definition) is 1. The number of aryl methyl sites for hydroxylation is 2. The number of halogens is 1. The quantitative estimate of drug-likeness (QED) is 0.930. The lowest BCUT2D eigenvalue weighted by Gasteiger charge is -2.28. The van der Waals surface area contributed by atoms with Crippen LogP contribution in [-0.4, -0.2) is 22.4 Å². The second-order valence-electron chi connectivity index (χ2n) is 5.17. The molecule has 4 heteroatoms. The van der Waals surface area contributed by atoms with E-state index in [0.717, 1.165) is 25.3 Å². The van der Waals surface area contributed by atoms with Gasteiger partial charge in [0.15, 0.2) is 0 Å². The van der Waals surface area contributed by atoms with Gasteiger partial charge in [0, 0.05) is 19.5 Å². The maximum absolute atomic E-state index is 4.56. The summed E-state index contributed by atoms with van der Waals surface area (Å²) >= 11 is 3.69. The Morgan fingerprint density at radius 1 is 1.53 bits per heavy atom. The Balaban J connectivity index is 2.10. The van der Waals surface area contributed by atoms with Crippen molar-refractivity contribution in [1.82, 2.24) is 15.1 Å². The minimum atomic E-state index is 0.607. The average molecular weight is 300 g/mol. The third-order valence-electron chi connectivity index (χ3n) is 3.70. The fraction of sp³-hybridized carbons (Fsp3) is 0.769. The van der Waals surface area contributed by atoms with E-state index in [1.54, 1.807) is 0 Å². The van der Waals surface area contributed by atoms with E-state index in [-0.39, 0.29) is 0 Å². The Morgan fingerprint density at radius 3 is 2.88 bits per heavy atom. The van der Waals surface area contributed by atoms with Crippen molar-refractivity contribution in [2.45, 2.75) is 45.6 Å². The van der Waals surface area contributed by atoms with Gasteiger partial charge in [-0.2, -0.15) is 5.10 Å². The van der Waals surface area contributed by atoms with Crippen molar-refractivity contribution >= 4 is 15.9 Å². The molecule has 2 unspecified atom stereocenters. The largest absolute Gasteiger partial charge is 0.314 e. The van der Waals surface area contributed by atoms with E-state index in [1.165, 1.54) is 28.7 Å². The maximum atomic E-state index is 4.56. The van der Waals surface area contributed by atoms with Gasteiger partial charge in [0.25, 0.3) is 0 Å². The predicted octanol–water partition coefficient (Wildman–Crippen LogP) is 2.68. The van der Waals surface area contributed by atoms with E-state index in [4.69, 9.17) is 0 Å². The van der Waals surface area contributed by atoms with Crippen LogP contribution < -0.4 is 5.32 Å². The summed E-state index contributed by atoms with van der Waals surface area (Å²) in [7, 11) is 2.05. The normalized spacial score (nSPS) is 25.2. The molecule has 0 amide bonds. The van der Waals surface area contributed by atoms with Gasteiger partial charge in [0.1, 0.15) is 0 Å².